The molecule has 0 aliphatic carbocycles. The first-order chi connectivity index (χ1) is 11.5. The molecule has 0 N–H and O–H groups in total. The van der Waals surface area contributed by atoms with Gasteiger partial charge in [0.2, 0.25) is 0 Å². The number of alkyl halides is 3. The summed E-state index contributed by atoms with van der Waals surface area (Å²) < 4.78 is 43.5. The molecule has 1 heterocycles. The minimum absolute atomic E-state index is 0.244. The van der Waals surface area contributed by atoms with Gasteiger partial charge in [-0.25, -0.2) is 4.79 Å². The molecule has 138 valence electrons. The number of benzene rings is 1. The zero-order valence-corrected chi connectivity index (χ0v) is 14.8. The molecule has 1 aromatic rings. The van der Waals surface area contributed by atoms with Crippen molar-refractivity contribution in [3.63, 3.8) is 0 Å². The summed E-state index contributed by atoms with van der Waals surface area (Å²) in [7, 11) is 0. The SMILES string of the molecule is CC(C)(C)OC(=O)N1CCC(/C=C\c2cccc(C(F)(F)F)c2)CC1. The second kappa shape index (κ2) is 7.50. The van der Waals surface area contributed by atoms with E-state index in [9.17, 15) is 18.0 Å². The van der Waals surface area contributed by atoms with Gasteiger partial charge in [0.25, 0.3) is 0 Å². The van der Waals surface area contributed by atoms with Gasteiger partial charge in [0.15, 0.2) is 0 Å². The van der Waals surface area contributed by atoms with E-state index in [4.69, 9.17) is 4.74 Å². The van der Waals surface area contributed by atoms with Crippen LogP contribution in [0.4, 0.5) is 18.0 Å². The van der Waals surface area contributed by atoms with Gasteiger partial charge in [0.05, 0.1) is 5.56 Å². The highest BCUT2D eigenvalue weighted by Crippen LogP contribution is 2.30. The molecule has 1 amide bonds. The van der Waals surface area contributed by atoms with Gasteiger partial charge in [-0.15, -0.1) is 0 Å². The van der Waals surface area contributed by atoms with E-state index in [1.165, 1.54) is 6.07 Å². The minimum atomic E-state index is -4.33. The number of rotatable bonds is 2. The Kier molecular flexibility index (Phi) is 5.80. The fourth-order valence-electron chi connectivity index (χ4n) is 2.67. The Balaban J connectivity index is 1.90. The Labute approximate surface area is 146 Å². The highest BCUT2D eigenvalue weighted by Gasteiger charge is 2.30. The van der Waals surface area contributed by atoms with Crippen LogP contribution in [-0.4, -0.2) is 29.7 Å². The molecular weight excluding hydrogens is 331 g/mol. The van der Waals surface area contributed by atoms with Crippen LogP contribution in [0.3, 0.4) is 0 Å². The summed E-state index contributed by atoms with van der Waals surface area (Å²) >= 11 is 0. The van der Waals surface area contributed by atoms with Crippen LogP contribution in [0.25, 0.3) is 6.08 Å². The maximum atomic E-state index is 12.7. The van der Waals surface area contributed by atoms with Crippen LogP contribution in [0.15, 0.2) is 30.3 Å². The average Bonchev–Trinajstić information content (AvgIpc) is 2.51. The number of piperidine rings is 1. The lowest BCUT2D eigenvalue weighted by molar-refractivity contribution is -0.137. The predicted molar refractivity (Wildman–Crippen MR) is 91.0 cm³/mol. The second-order valence-corrected chi connectivity index (χ2v) is 7.29. The second-order valence-electron chi connectivity index (χ2n) is 7.29. The molecule has 0 aromatic heterocycles. The standard InChI is InChI=1S/C19H24F3NO2/c1-18(2,3)25-17(24)23-11-9-14(10-12-23)7-8-15-5-4-6-16(13-15)19(20,21)22/h4-8,13-14H,9-12H2,1-3H3/b8-7-. The van der Waals surface area contributed by atoms with Gasteiger partial charge >= 0.3 is 12.3 Å². The Morgan fingerprint density at radius 1 is 1.20 bits per heavy atom. The van der Waals surface area contributed by atoms with Crippen molar-refractivity contribution < 1.29 is 22.7 Å². The minimum Gasteiger partial charge on any atom is -0.444 e. The van der Waals surface area contributed by atoms with Crippen LogP contribution in [-0.2, 0) is 10.9 Å². The number of likely N-dealkylation sites (tertiary alicyclic amines) is 1. The molecule has 6 heteroatoms. The van der Waals surface area contributed by atoms with Crippen molar-refractivity contribution in [2.75, 3.05) is 13.1 Å². The molecule has 25 heavy (non-hydrogen) atoms. The molecule has 1 aromatic carbocycles. The quantitative estimate of drug-likeness (QED) is 0.714. The molecule has 0 atom stereocenters. The molecule has 1 aliphatic rings. The van der Waals surface area contributed by atoms with Gasteiger partial charge in [0, 0.05) is 13.1 Å². The van der Waals surface area contributed by atoms with Gasteiger partial charge in [-0.2, -0.15) is 13.2 Å². The third-order valence-electron chi connectivity index (χ3n) is 3.97. The highest BCUT2D eigenvalue weighted by atomic mass is 19.4. The summed E-state index contributed by atoms with van der Waals surface area (Å²) in [6, 6.07) is 5.28. The summed E-state index contributed by atoms with van der Waals surface area (Å²) in [5.74, 6) is 0.244. The highest BCUT2D eigenvalue weighted by molar-refractivity contribution is 5.68. The lowest BCUT2D eigenvalue weighted by atomic mass is 9.95. The van der Waals surface area contributed by atoms with E-state index in [1.807, 2.05) is 26.8 Å². The number of halogens is 3. The van der Waals surface area contributed by atoms with E-state index in [0.29, 0.717) is 18.7 Å². The maximum Gasteiger partial charge on any atom is 0.416 e. The normalized spacial score (nSPS) is 17.1. The summed E-state index contributed by atoms with van der Waals surface area (Å²) in [5.41, 5.74) is -0.629. The zero-order chi connectivity index (χ0) is 18.7. The first-order valence-electron chi connectivity index (χ1n) is 8.38. The van der Waals surface area contributed by atoms with E-state index in [2.05, 4.69) is 0 Å². The van der Waals surface area contributed by atoms with E-state index < -0.39 is 17.3 Å². The fraction of sp³-hybridized carbons (Fsp3) is 0.526. The van der Waals surface area contributed by atoms with Gasteiger partial charge in [-0.1, -0.05) is 24.3 Å². The number of nitrogens with zero attached hydrogens (tertiary/aromatic N) is 1. The van der Waals surface area contributed by atoms with Crippen LogP contribution in [0.2, 0.25) is 0 Å². The van der Waals surface area contributed by atoms with Gasteiger partial charge < -0.3 is 9.64 Å². The molecule has 0 bridgehead atoms. The predicted octanol–water partition coefficient (Wildman–Crippen LogP) is 5.37. The summed E-state index contributed by atoms with van der Waals surface area (Å²) in [6.07, 6.45) is 0.560. The topological polar surface area (TPSA) is 29.5 Å². The summed E-state index contributed by atoms with van der Waals surface area (Å²) in [4.78, 5) is 13.7. The van der Waals surface area contributed by atoms with Crippen LogP contribution in [0.5, 0.6) is 0 Å². The first-order valence-corrected chi connectivity index (χ1v) is 8.38. The van der Waals surface area contributed by atoms with Crippen LogP contribution in [0.1, 0.15) is 44.7 Å². The van der Waals surface area contributed by atoms with Crippen molar-refractivity contribution in [3.05, 3.63) is 41.5 Å². The summed E-state index contributed by atoms with van der Waals surface area (Å²) in [5, 5.41) is 0. The number of carbonyl (C=O) groups is 1. The number of amides is 1. The van der Waals surface area contributed by atoms with Crippen molar-refractivity contribution in [1.29, 1.82) is 0 Å². The number of ether oxygens (including phenoxy) is 1. The molecule has 0 spiro atoms. The number of hydrogen-bond donors (Lipinski definition) is 0. The van der Waals surface area contributed by atoms with Gasteiger partial charge in [-0.05, 0) is 57.2 Å². The van der Waals surface area contributed by atoms with E-state index in [1.54, 1.807) is 17.0 Å². The molecule has 2 rings (SSSR count). The van der Waals surface area contributed by atoms with Crippen molar-refractivity contribution in [2.45, 2.75) is 45.4 Å². The molecular formula is C19H24F3NO2. The molecule has 1 saturated heterocycles. The van der Waals surface area contributed by atoms with E-state index in [0.717, 1.165) is 25.0 Å². The number of hydrogen-bond acceptors (Lipinski definition) is 2. The van der Waals surface area contributed by atoms with Crippen molar-refractivity contribution in [3.8, 4) is 0 Å². The Morgan fingerprint density at radius 3 is 2.40 bits per heavy atom. The molecule has 1 aliphatic heterocycles. The third kappa shape index (κ3) is 6.11. The van der Waals surface area contributed by atoms with Gasteiger partial charge in [0.1, 0.15) is 5.60 Å². The molecule has 1 fully saturated rings. The smallest absolute Gasteiger partial charge is 0.416 e. The zero-order valence-electron chi connectivity index (χ0n) is 14.8. The third-order valence-corrected chi connectivity index (χ3v) is 3.97. The van der Waals surface area contributed by atoms with Gasteiger partial charge in [-0.3, -0.25) is 0 Å². The van der Waals surface area contributed by atoms with Crippen LogP contribution in [0, 0.1) is 5.92 Å². The van der Waals surface area contributed by atoms with Crippen LogP contribution < -0.4 is 0 Å². The lowest BCUT2D eigenvalue weighted by Gasteiger charge is -2.32. The van der Waals surface area contributed by atoms with E-state index in [-0.39, 0.29) is 12.0 Å². The summed E-state index contributed by atoms with van der Waals surface area (Å²) in [6.45, 7) is 6.67. The number of allylic oxidation sites excluding steroid dienone is 1. The molecule has 0 radical (unpaired) electrons. The molecule has 0 unspecified atom stereocenters. The number of carbonyl (C=O) groups excluding carboxylic acids is 1. The Bertz CT molecular complexity index is 624. The fourth-order valence-corrected chi connectivity index (χ4v) is 2.67. The van der Waals surface area contributed by atoms with Crippen molar-refractivity contribution >= 4 is 12.2 Å². The first kappa shape index (κ1) is 19.3. The Morgan fingerprint density at radius 2 is 1.84 bits per heavy atom. The van der Waals surface area contributed by atoms with Crippen LogP contribution >= 0.6 is 0 Å². The maximum absolute atomic E-state index is 12.7. The molecule has 3 nitrogen and oxygen atoms in total. The van der Waals surface area contributed by atoms with Crippen molar-refractivity contribution in [2.24, 2.45) is 5.92 Å². The largest absolute Gasteiger partial charge is 0.444 e. The monoisotopic (exact) mass is 355 g/mol. The van der Waals surface area contributed by atoms with Crippen molar-refractivity contribution in [1.82, 2.24) is 4.90 Å². The lowest BCUT2D eigenvalue weighted by Crippen LogP contribution is -2.41. The van der Waals surface area contributed by atoms with E-state index >= 15 is 0 Å². The Hall–Kier alpha value is -1.98. The molecule has 0 saturated carbocycles. The average molecular weight is 355 g/mol.